The number of phenolic OH excluding ortho intramolecular Hbond substituents is 1. The minimum atomic E-state index is -0.241. The van der Waals surface area contributed by atoms with E-state index in [-0.39, 0.29) is 11.8 Å². The first-order valence-electron chi connectivity index (χ1n) is 3.72. The molecule has 0 aliphatic carbocycles. The molecule has 2 nitrogen and oxygen atoms in total. The van der Waals surface area contributed by atoms with E-state index in [1.54, 1.807) is 12.1 Å². The van der Waals surface area contributed by atoms with Gasteiger partial charge in [-0.1, -0.05) is 18.1 Å². The van der Waals surface area contributed by atoms with Crippen LogP contribution in [0.5, 0.6) is 5.75 Å². The van der Waals surface area contributed by atoms with Crippen LogP contribution in [0.3, 0.4) is 0 Å². The fourth-order valence-electron chi connectivity index (χ4n) is 0.945. The first-order valence-corrected chi connectivity index (χ1v) is 3.72. The van der Waals surface area contributed by atoms with E-state index in [9.17, 15) is 0 Å². The van der Waals surface area contributed by atoms with Gasteiger partial charge in [0.05, 0.1) is 6.04 Å². The summed E-state index contributed by atoms with van der Waals surface area (Å²) in [4.78, 5) is 0. The smallest absolute Gasteiger partial charge is 0.115 e. The molecule has 1 unspecified atom stereocenters. The molecule has 0 radical (unpaired) electrons. The van der Waals surface area contributed by atoms with E-state index < -0.39 is 0 Å². The van der Waals surface area contributed by atoms with Crippen molar-refractivity contribution in [3.05, 3.63) is 29.8 Å². The molecule has 62 valence electrons. The number of benzene rings is 1. The summed E-state index contributed by atoms with van der Waals surface area (Å²) in [6, 6.07) is 6.63. The molecule has 0 aliphatic heterocycles. The Hall–Kier alpha value is -1.46. The minimum Gasteiger partial charge on any atom is -0.508 e. The van der Waals surface area contributed by atoms with E-state index in [4.69, 9.17) is 17.3 Å². The molecule has 1 aromatic carbocycles. The van der Waals surface area contributed by atoms with Crippen LogP contribution in [0.15, 0.2) is 24.3 Å². The van der Waals surface area contributed by atoms with Crippen molar-refractivity contribution in [2.24, 2.45) is 5.73 Å². The predicted octanol–water partition coefficient (Wildman–Crippen LogP) is 0.895. The van der Waals surface area contributed by atoms with Gasteiger partial charge in [0.2, 0.25) is 0 Å². The van der Waals surface area contributed by atoms with E-state index in [0.717, 1.165) is 5.56 Å². The average Bonchev–Trinajstić information content (AvgIpc) is 2.09. The number of hydrogen-bond acceptors (Lipinski definition) is 2. The largest absolute Gasteiger partial charge is 0.508 e. The summed E-state index contributed by atoms with van der Waals surface area (Å²) in [5.41, 5.74) is 6.58. The Kier molecular flexibility index (Phi) is 2.73. The number of terminal acetylenes is 1. The summed E-state index contributed by atoms with van der Waals surface area (Å²) in [5, 5.41) is 8.98. The maximum absolute atomic E-state index is 8.98. The normalized spacial score (nSPS) is 12.0. The van der Waals surface area contributed by atoms with Crippen LogP contribution in [0.4, 0.5) is 0 Å². The van der Waals surface area contributed by atoms with Gasteiger partial charge in [-0.2, -0.15) is 0 Å². The van der Waals surface area contributed by atoms with Crippen LogP contribution < -0.4 is 5.73 Å². The Morgan fingerprint density at radius 2 is 2.00 bits per heavy atom. The van der Waals surface area contributed by atoms with E-state index in [2.05, 4.69) is 5.92 Å². The highest BCUT2D eigenvalue weighted by Gasteiger charge is 1.98. The fraction of sp³-hybridized carbons (Fsp3) is 0.200. The lowest BCUT2D eigenvalue weighted by molar-refractivity contribution is 0.475. The van der Waals surface area contributed by atoms with Crippen molar-refractivity contribution in [1.29, 1.82) is 0 Å². The molecule has 0 amide bonds. The van der Waals surface area contributed by atoms with E-state index in [0.29, 0.717) is 6.42 Å². The van der Waals surface area contributed by atoms with Crippen molar-refractivity contribution in [2.75, 3.05) is 0 Å². The average molecular weight is 161 g/mol. The van der Waals surface area contributed by atoms with Crippen LogP contribution in [-0.4, -0.2) is 11.1 Å². The van der Waals surface area contributed by atoms with Crippen molar-refractivity contribution in [2.45, 2.75) is 12.5 Å². The molecule has 0 spiro atoms. The maximum Gasteiger partial charge on any atom is 0.115 e. The maximum atomic E-state index is 8.98. The van der Waals surface area contributed by atoms with Crippen LogP contribution in [-0.2, 0) is 6.42 Å². The quantitative estimate of drug-likeness (QED) is 0.633. The number of rotatable bonds is 2. The lowest BCUT2D eigenvalue weighted by Crippen LogP contribution is -2.19. The van der Waals surface area contributed by atoms with Gasteiger partial charge >= 0.3 is 0 Å². The molecule has 12 heavy (non-hydrogen) atoms. The summed E-state index contributed by atoms with van der Waals surface area (Å²) >= 11 is 0. The molecule has 0 saturated carbocycles. The Bertz CT molecular complexity index is 284. The van der Waals surface area contributed by atoms with Crippen molar-refractivity contribution in [3.63, 3.8) is 0 Å². The minimum absolute atomic E-state index is 0.241. The highest BCUT2D eigenvalue weighted by atomic mass is 16.3. The van der Waals surface area contributed by atoms with Crippen LogP contribution >= 0.6 is 0 Å². The Labute approximate surface area is 72.0 Å². The van der Waals surface area contributed by atoms with Gasteiger partial charge in [-0.3, -0.25) is 0 Å². The third-order valence-electron chi connectivity index (χ3n) is 1.61. The Morgan fingerprint density at radius 1 is 1.42 bits per heavy atom. The molecule has 3 N–H and O–H groups in total. The highest BCUT2D eigenvalue weighted by Crippen LogP contribution is 2.10. The first-order chi connectivity index (χ1) is 5.72. The van der Waals surface area contributed by atoms with Crippen LogP contribution in [0, 0.1) is 12.3 Å². The molecule has 1 aromatic rings. The molecular weight excluding hydrogens is 150 g/mol. The zero-order chi connectivity index (χ0) is 8.97. The molecule has 0 aromatic heterocycles. The van der Waals surface area contributed by atoms with Gasteiger partial charge in [0.1, 0.15) is 5.75 Å². The molecule has 0 heterocycles. The lowest BCUT2D eigenvalue weighted by atomic mass is 10.1. The molecule has 2 heteroatoms. The molecule has 1 atom stereocenters. The molecule has 0 saturated heterocycles. The van der Waals surface area contributed by atoms with E-state index in [1.165, 1.54) is 0 Å². The van der Waals surface area contributed by atoms with Crippen LogP contribution in [0.25, 0.3) is 0 Å². The number of hydrogen-bond donors (Lipinski definition) is 2. The molecular formula is C10H11NO. The lowest BCUT2D eigenvalue weighted by Gasteiger charge is -2.03. The first kappa shape index (κ1) is 8.63. The SMILES string of the molecule is C#CC(N)Cc1ccc(O)cc1. The third-order valence-corrected chi connectivity index (χ3v) is 1.61. The molecule has 0 bridgehead atoms. The summed E-state index contributed by atoms with van der Waals surface area (Å²) in [6.45, 7) is 0. The van der Waals surface area contributed by atoms with Crippen molar-refractivity contribution < 1.29 is 5.11 Å². The second-order valence-corrected chi connectivity index (χ2v) is 2.64. The second-order valence-electron chi connectivity index (χ2n) is 2.64. The third kappa shape index (κ3) is 2.30. The van der Waals surface area contributed by atoms with Gasteiger partial charge in [-0.15, -0.1) is 6.42 Å². The molecule has 1 rings (SSSR count). The molecule has 0 aliphatic rings. The number of nitrogens with two attached hydrogens (primary N) is 1. The summed E-state index contributed by atoms with van der Waals surface area (Å²) in [5.74, 6) is 2.70. The van der Waals surface area contributed by atoms with Gasteiger partial charge in [-0.25, -0.2) is 0 Å². The topological polar surface area (TPSA) is 46.2 Å². The highest BCUT2D eigenvalue weighted by molar-refractivity contribution is 5.27. The van der Waals surface area contributed by atoms with Gasteiger partial charge in [0, 0.05) is 0 Å². The van der Waals surface area contributed by atoms with E-state index in [1.807, 2.05) is 12.1 Å². The van der Waals surface area contributed by atoms with Gasteiger partial charge in [0.15, 0.2) is 0 Å². The fourth-order valence-corrected chi connectivity index (χ4v) is 0.945. The standard InChI is InChI=1S/C10H11NO/c1-2-9(11)7-8-3-5-10(12)6-4-8/h1,3-6,9,12H,7,11H2. The second kappa shape index (κ2) is 3.80. The van der Waals surface area contributed by atoms with Crippen molar-refractivity contribution in [1.82, 2.24) is 0 Å². The monoisotopic (exact) mass is 161 g/mol. The zero-order valence-corrected chi connectivity index (χ0v) is 6.70. The predicted molar refractivity (Wildman–Crippen MR) is 48.6 cm³/mol. The molecule has 0 fully saturated rings. The van der Waals surface area contributed by atoms with Gasteiger partial charge in [-0.05, 0) is 24.1 Å². The number of phenols is 1. The Morgan fingerprint density at radius 3 is 2.50 bits per heavy atom. The van der Waals surface area contributed by atoms with Crippen LogP contribution in [0.1, 0.15) is 5.56 Å². The van der Waals surface area contributed by atoms with Gasteiger partial charge in [0.25, 0.3) is 0 Å². The van der Waals surface area contributed by atoms with Crippen molar-refractivity contribution in [3.8, 4) is 18.1 Å². The zero-order valence-electron chi connectivity index (χ0n) is 6.70. The van der Waals surface area contributed by atoms with Crippen molar-refractivity contribution >= 4 is 0 Å². The van der Waals surface area contributed by atoms with E-state index >= 15 is 0 Å². The summed E-state index contributed by atoms with van der Waals surface area (Å²) in [7, 11) is 0. The van der Waals surface area contributed by atoms with Crippen LogP contribution in [0.2, 0.25) is 0 Å². The summed E-state index contributed by atoms with van der Waals surface area (Å²) < 4.78 is 0. The Balaban J connectivity index is 2.66. The number of aromatic hydroxyl groups is 1. The summed E-state index contributed by atoms with van der Waals surface area (Å²) in [6.07, 6.45) is 5.77. The van der Waals surface area contributed by atoms with Gasteiger partial charge < -0.3 is 10.8 Å².